The molecule has 0 aliphatic rings. The molecule has 0 saturated carbocycles. The van der Waals surface area contributed by atoms with Gasteiger partial charge in [-0.1, -0.05) is 77.8 Å². The summed E-state index contributed by atoms with van der Waals surface area (Å²) in [5.74, 6) is -0.997. The van der Waals surface area contributed by atoms with Crippen molar-refractivity contribution in [3.05, 3.63) is 128 Å². The number of benzene rings is 4. The van der Waals surface area contributed by atoms with E-state index in [-0.39, 0.29) is 17.9 Å². The maximum atomic E-state index is 14.6. The van der Waals surface area contributed by atoms with Gasteiger partial charge < -0.3 is 10.2 Å². The topological polar surface area (TPSA) is 86.8 Å². The molecule has 0 aromatic heterocycles. The number of rotatable bonds is 11. The van der Waals surface area contributed by atoms with Crippen LogP contribution in [0.2, 0.25) is 10.0 Å². The molecule has 0 radical (unpaired) electrons. The summed E-state index contributed by atoms with van der Waals surface area (Å²) >= 11 is 15.3. The maximum absolute atomic E-state index is 14.6. The van der Waals surface area contributed by atoms with E-state index in [0.29, 0.717) is 21.3 Å². The van der Waals surface area contributed by atoms with Crippen molar-refractivity contribution in [2.75, 3.05) is 10.8 Å². The molecule has 0 heterocycles. The molecule has 4 aromatic carbocycles. The fourth-order valence-electron chi connectivity index (χ4n) is 4.72. The van der Waals surface area contributed by atoms with Gasteiger partial charge in [-0.15, -0.1) is 0 Å². The first-order chi connectivity index (χ1) is 21.3. The number of carbonyl (C=O) groups is 2. The van der Waals surface area contributed by atoms with Crippen LogP contribution in [0.4, 0.5) is 5.69 Å². The van der Waals surface area contributed by atoms with Crippen LogP contribution in [-0.4, -0.2) is 43.3 Å². The van der Waals surface area contributed by atoms with Gasteiger partial charge in [0.25, 0.3) is 10.0 Å². The molecule has 1 N–H and O–H groups in total. The summed E-state index contributed by atoms with van der Waals surface area (Å²) < 4.78 is 30.1. The molecule has 11 heteroatoms. The first kappa shape index (κ1) is 34.7. The van der Waals surface area contributed by atoms with E-state index >= 15 is 0 Å². The Bertz CT molecular complexity index is 1710. The van der Waals surface area contributed by atoms with Crippen molar-refractivity contribution in [1.29, 1.82) is 0 Å². The highest BCUT2D eigenvalue weighted by atomic mass is 127. The third-order valence-electron chi connectivity index (χ3n) is 6.88. The van der Waals surface area contributed by atoms with Crippen molar-refractivity contribution in [2.24, 2.45) is 0 Å². The lowest BCUT2D eigenvalue weighted by Crippen LogP contribution is -2.56. The summed E-state index contributed by atoms with van der Waals surface area (Å²) in [7, 11) is -4.19. The van der Waals surface area contributed by atoms with Crippen molar-refractivity contribution in [2.45, 2.75) is 50.2 Å². The molecule has 1 atom stereocenters. The van der Waals surface area contributed by atoms with Crippen molar-refractivity contribution >= 4 is 73.3 Å². The highest BCUT2D eigenvalue weighted by molar-refractivity contribution is 14.1. The smallest absolute Gasteiger partial charge is 0.264 e. The van der Waals surface area contributed by atoms with E-state index in [9.17, 15) is 18.0 Å². The van der Waals surface area contributed by atoms with Crippen molar-refractivity contribution in [1.82, 2.24) is 10.2 Å². The standard InChI is InChI=1S/C34H34Cl2IN3O4S/c1-34(2,3)38-33(42)31(21-24-11-6-4-7-12-24)39(22-28-29(35)15-10-16-30(28)36)32(41)23-40(26-19-17-25(37)18-20-26)45(43,44)27-13-8-5-9-14-27/h4-20,31H,21-23H2,1-3H3,(H,38,42)/t31-/m0/s1. The van der Waals surface area contributed by atoms with Crippen molar-refractivity contribution in [3.63, 3.8) is 0 Å². The molecular formula is C34H34Cl2IN3O4S. The van der Waals surface area contributed by atoms with E-state index in [1.807, 2.05) is 51.1 Å². The normalized spacial score (nSPS) is 12.3. The lowest BCUT2D eigenvalue weighted by molar-refractivity contribution is -0.140. The monoisotopic (exact) mass is 777 g/mol. The Kier molecular flexibility index (Phi) is 11.6. The minimum atomic E-state index is -4.19. The van der Waals surface area contributed by atoms with Gasteiger partial charge >= 0.3 is 0 Å². The van der Waals surface area contributed by atoms with Crippen LogP contribution in [0, 0.1) is 3.57 Å². The summed E-state index contributed by atoms with van der Waals surface area (Å²) in [6.45, 7) is 4.86. The number of amides is 2. The molecule has 0 aliphatic heterocycles. The number of hydrogen-bond donors (Lipinski definition) is 1. The second kappa shape index (κ2) is 15.0. The molecule has 2 amide bonds. The summed E-state index contributed by atoms with van der Waals surface area (Å²) in [5, 5.41) is 3.65. The van der Waals surface area contributed by atoms with E-state index in [4.69, 9.17) is 23.2 Å². The van der Waals surface area contributed by atoms with Gasteiger partial charge in [0.2, 0.25) is 11.8 Å². The molecule has 4 aromatic rings. The molecule has 0 unspecified atom stereocenters. The molecule has 0 aliphatic carbocycles. The molecule has 0 fully saturated rings. The van der Waals surface area contributed by atoms with Crippen LogP contribution in [0.5, 0.6) is 0 Å². The molecule has 0 saturated heterocycles. The minimum Gasteiger partial charge on any atom is -0.350 e. The summed E-state index contributed by atoms with van der Waals surface area (Å²) in [4.78, 5) is 29.9. The van der Waals surface area contributed by atoms with Gasteiger partial charge in [0.15, 0.2) is 0 Å². The van der Waals surface area contributed by atoms with E-state index in [2.05, 4.69) is 27.9 Å². The summed E-state index contributed by atoms with van der Waals surface area (Å²) in [6, 6.07) is 28.1. The van der Waals surface area contributed by atoms with Crippen LogP contribution in [0.1, 0.15) is 31.9 Å². The fraction of sp³-hybridized carbons (Fsp3) is 0.235. The highest BCUT2D eigenvalue weighted by Crippen LogP contribution is 2.29. The van der Waals surface area contributed by atoms with Crippen LogP contribution in [0.15, 0.2) is 108 Å². The number of nitrogens with one attached hydrogen (secondary N) is 1. The second-order valence-corrected chi connectivity index (χ2v) is 15.4. The van der Waals surface area contributed by atoms with Crippen LogP contribution >= 0.6 is 45.8 Å². The van der Waals surface area contributed by atoms with Gasteiger partial charge in [0, 0.05) is 37.7 Å². The van der Waals surface area contributed by atoms with Gasteiger partial charge in [-0.3, -0.25) is 13.9 Å². The Morgan fingerprint density at radius 3 is 1.93 bits per heavy atom. The zero-order valence-corrected chi connectivity index (χ0v) is 29.6. The Hall–Kier alpha value is -3.12. The van der Waals surface area contributed by atoms with Crippen LogP contribution in [0.25, 0.3) is 0 Å². The zero-order chi connectivity index (χ0) is 32.8. The zero-order valence-electron chi connectivity index (χ0n) is 25.1. The average molecular weight is 779 g/mol. The number of sulfonamides is 1. The average Bonchev–Trinajstić information content (AvgIpc) is 2.99. The lowest BCUT2D eigenvalue weighted by atomic mass is 10.0. The van der Waals surface area contributed by atoms with E-state index in [1.54, 1.807) is 60.7 Å². The first-order valence-corrected chi connectivity index (χ1v) is 17.5. The number of hydrogen-bond acceptors (Lipinski definition) is 4. The Morgan fingerprint density at radius 2 is 1.38 bits per heavy atom. The Morgan fingerprint density at radius 1 is 0.822 bits per heavy atom. The van der Waals surface area contributed by atoms with Crippen LogP contribution < -0.4 is 9.62 Å². The molecule has 45 heavy (non-hydrogen) atoms. The first-order valence-electron chi connectivity index (χ1n) is 14.2. The van der Waals surface area contributed by atoms with E-state index in [0.717, 1.165) is 13.4 Å². The largest absolute Gasteiger partial charge is 0.350 e. The highest BCUT2D eigenvalue weighted by Gasteiger charge is 2.36. The molecule has 4 rings (SSSR count). The third-order valence-corrected chi connectivity index (χ3v) is 10.1. The van der Waals surface area contributed by atoms with Crippen molar-refractivity contribution in [3.8, 4) is 0 Å². The summed E-state index contributed by atoms with van der Waals surface area (Å²) in [5.41, 5.74) is 0.970. The quantitative estimate of drug-likeness (QED) is 0.162. The molecule has 7 nitrogen and oxygen atoms in total. The number of nitrogens with zero attached hydrogens (tertiary/aromatic N) is 2. The number of anilines is 1. The van der Waals surface area contributed by atoms with E-state index in [1.165, 1.54) is 17.0 Å². The SMILES string of the molecule is CC(C)(C)NC(=O)[C@H](Cc1ccccc1)N(Cc1c(Cl)cccc1Cl)C(=O)CN(c1ccc(I)cc1)S(=O)(=O)c1ccccc1. The Balaban J connectivity index is 1.84. The molecule has 0 bridgehead atoms. The van der Waals surface area contributed by atoms with Gasteiger partial charge in [-0.05, 0) is 97.5 Å². The van der Waals surface area contributed by atoms with Crippen LogP contribution in [-0.2, 0) is 32.6 Å². The third kappa shape index (κ3) is 9.22. The lowest BCUT2D eigenvalue weighted by Gasteiger charge is -2.35. The second-order valence-electron chi connectivity index (χ2n) is 11.5. The summed E-state index contributed by atoms with van der Waals surface area (Å²) in [6.07, 6.45) is 0.172. The molecular weight excluding hydrogens is 744 g/mol. The molecule has 0 spiro atoms. The van der Waals surface area contributed by atoms with Gasteiger partial charge in [-0.25, -0.2) is 8.42 Å². The molecule has 236 valence electrons. The minimum absolute atomic E-state index is 0.0309. The van der Waals surface area contributed by atoms with Gasteiger partial charge in [-0.2, -0.15) is 0 Å². The fourth-order valence-corrected chi connectivity index (χ4v) is 7.03. The maximum Gasteiger partial charge on any atom is 0.264 e. The number of halogens is 3. The van der Waals surface area contributed by atoms with Crippen molar-refractivity contribution < 1.29 is 18.0 Å². The number of carbonyl (C=O) groups excluding carboxylic acids is 2. The predicted molar refractivity (Wildman–Crippen MR) is 189 cm³/mol. The van der Waals surface area contributed by atoms with Gasteiger partial charge in [0.05, 0.1) is 10.6 Å². The van der Waals surface area contributed by atoms with Crippen LogP contribution in [0.3, 0.4) is 0 Å². The Labute approximate surface area is 288 Å². The predicted octanol–water partition coefficient (Wildman–Crippen LogP) is 7.35. The van der Waals surface area contributed by atoms with Gasteiger partial charge in [0.1, 0.15) is 12.6 Å². The van der Waals surface area contributed by atoms with E-state index < -0.39 is 40.0 Å².